The Labute approximate surface area is 194 Å². The van der Waals surface area contributed by atoms with Crippen LogP contribution in [-0.2, 0) is 9.59 Å². The van der Waals surface area contributed by atoms with Gasteiger partial charge in [0, 0.05) is 5.69 Å². The van der Waals surface area contributed by atoms with Gasteiger partial charge in [0.15, 0.2) is 11.5 Å². The highest BCUT2D eigenvalue weighted by molar-refractivity contribution is 6.06. The first-order valence-corrected chi connectivity index (χ1v) is 10.5. The fourth-order valence-corrected chi connectivity index (χ4v) is 2.97. The Morgan fingerprint density at radius 3 is 2.42 bits per heavy atom. The number of methoxy groups -OCH3 is 1. The van der Waals surface area contributed by atoms with Crippen molar-refractivity contribution in [3.05, 3.63) is 48.0 Å². The number of rotatable bonds is 11. The molecule has 0 saturated heterocycles. The van der Waals surface area contributed by atoms with Gasteiger partial charge < -0.3 is 19.5 Å². The van der Waals surface area contributed by atoms with Crippen molar-refractivity contribution in [1.82, 2.24) is 5.43 Å². The van der Waals surface area contributed by atoms with Crippen LogP contribution in [0.5, 0.6) is 17.2 Å². The van der Waals surface area contributed by atoms with Crippen LogP contribution in [0.1, 0.15) is 26.3 Å². The first-order chi connectivity index (χ1) is 15.9. The zero-order chi connectivity index (χ0) is 24.2. The maximum atomic E-state index is 12.7. The molecule has 1 unspecified atom stereocenters. The van der Waals surface area contributed by atoms with Crippen molar-refractivity contribution >= 4 is 23.7 Å². The van der Waals surface area contributed by atoms with Gasteiger partial charge in [0.1, 0.15) is 18.3 Å². The molecule has 0 aliphatic heterocycles. The van der Waals surface area contributed by atoms with E-state index in [1.165, 1.54) is 6.21 Å². The summed E-state index contributed by atoms with van der Waals surface area (Å²) < 4.78 is 16.1. The number of terminal acetylenes is 1. The molecule has 2 amide bonds. The van der Waals surface area contributed by atoms with E-state index < -0.39 is 17.7 Å². The average Bonchev–Trinajstić information content (AvgIpc) is 2.79. The summed E-state index contributed by atoms with van der Waals surface area (Å²) in [5, 5.41) is 6.76. The van der Waals surface area contributed by atoms with E-state index in [0.29, 0.717) is 35.1 Å². The predicted molar refractivity (Wildman–Crippen MR) is 128 cm³/mol. The Bertz CT molecular complexity index is 1010. The van der Waals surface area contributed by atoms with Crippen molar-refractivity contribution < 1.29 is 23.8 Å². The van der Waals surface area contributed by atoms with Crippen molar-refractivity contribution in [3.63, 3.8) is 0 Å². The molecule has 0 bridgehead atoms. The van der Waals surface area contributed by atoms with Gasteiger partial charge in [-0.2, -0.15) is 5.10 Å². The molecule has 0 spiro atoms. The minimum Gasteiger partial charge on any atom is -0.497 e. The van der Waals surface area contributed by atoms with Gasteiger partial charge in [-0.05, 0) is 60.9 Å². The van der Waals surface area contributed by atoms with E-state index in [1.807, 2.05) is 6.92 Å². The number of benzene rings is 2. The van der Waals surface area contributed by atoms with Gasteiger partial charge in [0.2, 0.25) is 5.91 Å². The third-order valence-corrected chi connectivity index (χ3v) is 4.56. The Kier molecular flexibility index (Phi) is 9.78. The van der Waals surface area contributed by atoms with E-state index in [2.05, 4.69) is 21.8 Å². The number of carbonyl (C=O) groups excluding carboxylic acids is 2. The first-order valence-electron chi connectivity index (χ1n) is 10.5. The lowest BCUT2D eigenvalue weighted by atomic mass is 9.94. The maximum Gasteiger partial charge on any atom is 0.252 e. The molecular formula is C25H29N3O5. The summed E-state index contributed by atoms with van der Waals surface area (Å²) in [6.45, 7) is 6.02. The summed E-state index contributed by atoms with van der Waals surface area (Å²) in [6, 6.07) is 12.0. The second kappa shape index (κ2) is 12.8. The van der Waals surface area contributed by atoms with Crippen molar-refractivity contribution in [1.29, 1.82) is 0 Å². The molecule has 2 aromatic rings. The van der Waals surface area contributed by atoms with Crippen LogP contribution in [0.25, 0.3) is 0 Å². The number of amides is 2. The van der Waals surface area contributed by atoms with E-state index in [1.54, 1.807) is 63.4 Å². The Hall–Kier alpha value is -3.99. The van der Waals surface area contributed by atoms with Crippen molar-refractivity contribution in [2.24, 2.45) is 16.9 Å². The molecule has 1 atom stereocenters. The molecular weight excluding hydrogens is 422 g/mol. The Balaban J connectivity index is 2.05. The fraction of sp³-hybridized carbons (Fsp3) is 0.320. The topological polar surface area (TPSA) is 98.2 Å². The van der Waals surface area contributed by atoms with Crippen molar-refractivity contribution in [3.8, 4) is 29.6 Å². The van der Waals surface area contributed by atoms with Crippen LogP contribution >= 0.6 is 0 Å². The SMILES string of the molecule is C#CCOc1ccc(C=NNC(=O)C(C(=O)Nc2ccc(OC)cc2)C(C)C)cc1OCC. The standard InChI is InChI=1S/C25H29N3O5/c1-6-14-33-21-13-8-18(15-22(21)32-7-2)16-26-28-25(30)23(17(3)4)24(29)27-19-9-11-20(31-5)12-10-19/h1,8-13,15-17,23H,7,14H2,2-5H3,(H,27,29)(H,28,30). The minimum absolute atomic E-state index is 0.124. The molecule has 0 aliphatic rings. The lowest BCUT2D eigenvalue weighted by Crippen LogP contribution is -2.39. The number of carbonyl (C=O) groups is 2. The predicted octanol–water partition coefficient (Wildman–Crippen LogP) is 3.47. The van der Waals surface area contributed by atoms with Crippen LogP contribution in [0.4, 0.5) is 5.69 Å². The van der Waals surface area contributed by atoms with E-state index in [0.717, 1.165) is 0 Å². The smallest absolute Gasteiger partial charge is 0.252 e. The molecule has 174 valence electrons. The summed E-state index contributed by atoms with van der Waals surface area (Å²) in [4.78, 5) is 25.4. The van der Waals surface area contributed by atoms with E-state index in [-0.39, 0.29) is 12.5 Å². The van der Waals surface area contributed by atoms with Gasteiger partial charge in [0.25, 0.3) is 5.91 Å². The third-order valence-electron chi connectivity index (χ3n) is 4.56. The Morgan fingerprint density at radius 1 is 1.09 bits per heavy atom. The lowest BCUT2D eigenvalue weighted by Gasteiger charge is -2.18. The molecule has 2 rings (SSSR count). The van der Waals surface area contributed by atoms with Crippen molar-refractivity contribution in [2.45, 2.75) is 20.8 Å². The fourth-order valence-electron chi connectivity index (χ4n) is 2.97. The highest BCUT2D eigenvalue weighted by atomic mass is 16.5. The first kappa shape index (κ1) is 25.3. The van der Waals surface area contributed by atoms with E-state index >= 15 is 0 Å². The number of hydrogen-bond acceptors (Lipinski definition) is 6. The van der Waals surface area contributed by atoms with Gasteiger partial charge in [0.05, 0.1) is 19.9 Å². The Morgan fingerprint density at radius 2 is 1.82 bits per heavy atom. The maximum absolute atomic E-state index is 12.7. The van der Waals surface area contributed by atoms with Gasteiger partial charge >= 0.3 is 0 Å². The monoisotopic (exact) mass is 451 g/mol. The number of anilines is 1. The number of nitrogens with zero attached hydrogens (tertiary/aromatic N) is 1. The average molecular weight is 452 g/mol. The second-order valence-electron chi connectivity index (χ2n) is 7.31. The van der Waals surface area contributed by atoms with Gasteiger partial charge in [-0.1, -0.05) is 19.8 Å². The molecule has 33 heavy (non-hydrogen) atoms. The van der Waals surface area contributed by atoms with E-state index in [4.69, 9.17) is 20.6 Å². The van der Waals surface area contributed by atoms with Crippen LogP contribution in [0.3, 0.4) is 0 Å². The quantitative estimate of drug-likeness (QED) is 0.236. The number of hydrogen-bond donors (Lipinski definition) is 2. The third kappa shape index (κ3) is 7.58. The van der Waals surface area contributed by atoms with Crippen LogP contribution < -0.4 is 25.0 Å². The zero-order valence-electron chi connectivity index (χ0n) is 19.3. The molecule has 0 saturated carbocycles. The zero-order valence-corrected chi connectivity index (χ0v) is 19.3. The molecule has 2 N–H and O–H groups in total. The molecule has 8 nitrogen and oxygen atoms in total. The highest BCUT2D eigenvalue weighted by Crippen LogP contribution is 2.28. The summed E-state index contributed by atoms with van der Waals surface area (Å²) in [5.41, 5.74) is 3.69. The lowest BCUT2D eigenvalue weighted by molar-refractivity contribution is -0.134. The van der Waals surface area contributed by atoms with Gasteiger partial charge in [-0.25, -0.2) is 5.43 Å². The summed E-state index contributed by atoms with van der Waals surface area (Å²) in [5.74, 6) is 2.02. The van der Waals surface area contributed by atoms with Crippen LogP contribution in [0, 0.1) is 24.2 Å². The normalized spacial score (nSPS) is 11.5. The molecule has 2 aromatic carbocycles. The van der Waals surface area contributed by atoms with Crippen LogP contribution in [0.2, 0.25) is 0 Å². The molecule has 8 heteroatoms. The van der Waals surface area contributed by atoms with Gasteiger partial charge in [-0.3, -0.25) is 9.59 Å². The summed E-state index contributed by atoms with van der Waals surface area (Å²) >= 11 is 0. The molecule has 0 fully saturated rings. The van der Waals surface area contributed by atoms with Crippen LogP contribution in [-0.4, -0.2) is 38.4 Å². The number of ether oxygens (including phenoxy) is 3. The van der Waals surface area contributed by atoms with Crippen molar-refractivity contribution in [2.75, 3.05) is 25.6 Å². The molecule has 0 radical (unpaired) electrons. The largest absolute Gasteiger partial charge is 0.497 e. The van der Waals surface area contributed by atoms with E-state index in [9.17, 15) is 9.59 Å². The minimum atomic E-state index is -0.928. The van der Waals surface area contributed by atoms with Crippen LogP contribution in [0.15, 0.2) is 47.6 Å². The number of nitrogens with one attached hydrogen (secondary N) is 2. The highest BCUT2D eigenvalue weighted by Gasteiger charge is 2.30. The molecule has 0 aliphatic carbocycles. The second-order valence-corrected chi connectivity index (χ2v) is 7.31. The number of hydrazone groups is 1. The summed E-state index contributed by atoms with van der Waals surface area (Å²) in [6.07, 6.45) is 6.70. The van der Waals surface area contributed by atoms with Gasteiger partial charge in [-0.15, -0.1) is 6.42 Å². The molecule has 0 heterocycles. The summed E-state index contributed by atoms with van der Waals surface area (Å²) in [7, 11) is 1.56. The molecule has 0 aromatic heterocycles.